The van der Waals surface area contributed by atoms with Gasteiger partial charge >= 0.3 is 0 Å². The number of methoxy groups -OCH3 is 1. The van der Waals surface area contributed by atoms with Gasteiger partial charge in [-0.2, -0.15) is 0 Å². The highest BCUT2D eigenvalue weighted by atomic mass is 32.2. The molecule has 1 N–H and O–H groups in total. The minimum absolute atomic E-state index is 0.00407. The van der Waals surface area contributed by atoms with E-state index in [4.69, 9.17) is 4.74 Å². The van der Waals surface area contributed by atoms with Crippen LogP contribution in [0.4, 0.5) is 10.1 Å². The fourth-order valence-electron chi connectivity index (χ4n) is 4.82. The molecule has 4 rings (SSSR count). The molecule has 0 saturated carbocycles. The number of ether oxygens (including phenoxy) is 1. The zero-order valence-electron chi connectivity index (χ0n) is 25.6. The summed E-state index contributed by atoms with van der Waals surface area (Å²) in [6.07, 6.45) is 0.877. The number of amides is 2. The summed E-state index contributed by atoms with van der Waals surface area (Å²) >= 11 is 0. The predicted molar refractivity (Wildman–Crippen MR) is 173 cm³/mol. The van der Waals surface area contributed by atoms with Gasteiger partial charge in [-0.1, -0.05) is 67.6 Å². The van der Waals surface area contributed by atoms with Gasteiger partial charge in [-0.05, 0) is 73.0 Å². The molecule has 0 spiro atoms. The largest absolute Gasteiger partial charge is 0.497 e. The van der Waals surface area contributed by atoms with Gasteiger partial charge in [-0.25, -0.2) is 12.8 Å². The number of hydrogen-bond donors (Lipinski definition) is 1. The van der Waals surface area contributed by atoms with Crippen molar-refractivity contribution in [1.82, 2.24) is 10.2 Å². The second kappa shape index (κ2) is 15.3. The Hall–Kier alpha value is -4.70. The van der Waals surface area contributed by atoms with E-state index in [0.29, 0.717) is 17.7 Å². The fourth-order valence-corrected chi connectivity index (χ4v) is 6.25. The van der Waals surface area contributed by atoms with Gasteiger partial charge in [0.15, 0.2) is 0 Å². The average molecular weight is 632 g/mol. The normalized spacial score (nSPS) is 12.5. The Morgan fingerprint density at radius 3 is 2.11 bits per heavy atom. The maximum absolute atomic E-state index is 14.5. The van der Waals surface area contributed by atoms with E-state index < -0.39 is 34.3 Å². The second-order valence-electron chi connectivity index (χ2n) is 10.7. The van der Waals surface area contributed by atoms with E-state index in [0.717, 1.165) is 22.0 Å². The molecule has 0 aliphatic carbocycles. The molecular weight excluding hydrogens is 593 g/mol. The summed E-state index contributed by atoms with van der Waals surface area (Å²) < 4.78 is 48.2. The molecule has 4 aromatic carbocycles. The van der Waals surface area contributed by atoms with Crippen molar-refractivity contribution in [3.8, 4) is 5.75 Å². The molecule has 10 heteroatoms. The topological polar surface area (TPSA) is 96.0 Å². The number of benzene rings is 4. The highest BCUT2D eigenvalue weighted by Gasteiger charge is 2.35. The number of carbonyl (C=O) groups excluding carboxylic acids is 2. The van der Waals surface area contributed by atoms with Crippen LogP contribution in [0.15, 0.2) is 114 Å². The van der Waals surface area contributed by atoms with E-state index in [2.05, 4.69) is 5.32 Å². The van der Waals surface area contributed by atoms with E-state index in [1.54, 1.807) is 36.4 Å². The lowest BCUT2D eigenvalue weighted by Crippen LogP contribution is -2.54. The van der Waals surface area contributed by atoms with Gasteiger partial charge in [-0.15, -0.1) is 0 Å². The van der Waals surface area contributed by atoms with Crippen LogP contribution in [0.1, 0.15) is 31.4 Å². The first-order chi connectivity index (χ1) is 21.6. The van der Waals surface area contributed by atoms with E-state index >= 15 is 0 Å². The Morgan fingerprint density at radius 2 is 1.49 bits per heavy atom. The number of rotatable bonds is 14. The van der Waals surface area contributed by atoms with Crippen LogP contribution < -0.4 is 14.4 Å². The van der Waals surface area contributed by atoms with Crippen molar-refractivity contribution in [2.75, 3.05) is 18.0 Å². The van der Waals surface area contributed by atoms with Crippen LogP contribution in [0.2, 0.25) is 0 Å². The van der Waals surface area contributed by atoms with Crippen molar-refractivity contribution in [3.05, 3.63) is 126 Å². The Bertz CT molecular complexity index is 1670. The number of nitrogens with zero attached hydrogens (tertiary/aromatic N) is 2. The smallest absolute Gasteiger partial charge is 0.264 e. The molecule has 0 aliphatic rings. The van der Waals surface area contributed by atoms with Gasteiger partial charge < -0.3 is 15.0 Å². The maximum Gasteiger partial charge on any atom is 0.264 e. The zero-order valence-corrected chi connectivity index (χ0v) is 26.4. The lowest BCUT2D eigenvalue weighted by atomic mass is 10.0. The number of nitrogens with one attached hydrogen (secondary N) is 1. The first-order valence-corrected chi connectivity index (χ1v) is 16.2. The van der Waals surface area contributed by atoms with E-state index in [9.17, 15) is 22.4 Å². The first-order valence-electron chi connectivity index (χ1n) is 14.7. The van der Waals surface area contributed by atoms with Crippen LogP contribution in [0.25, 0.3) is 0 Å². The first kappa shape index (κ1) is 33.2. The van der Waals surface area contributed by atoms with Gasteiger partial charge in [-0.3, -0.25) is 13.9 Å². The quantitative estimate of drug-likeness (QED) is 0.196. The number of halogens is 1. The molecule has 2 atom stereocenters. The second-order valence-corrected chi connectivity index (χ2v) is 12.6. The highest BCUT2D eigenvalue weighted by molar-refractivity contribution is 7.92. The molecule has 45 heavy (non-hydrogen) atoms. The van der Waals surface area contributed by atoms with Crippen molar-refractivity contribution in [3.63, 3.8) is 0 Å². The molecular formula is C35H38FN3O5S. The van der Waals surface area contributed by atoms with Gasteiger partial charge in [0.25, 0.3) is 10.0 Å². The van der Waals surface area contributed by atoms with Crippen molar-refractivity contribution < 1.29 is 27.1 Å². The van der Waals surface area contributed by atoms with Crippen LogP contribution in [0.3, 0.4) is 0 Å². The monoisotopic (exact) mass is 631 g/mol. The summed E-state index contributed by atoms with van der Waals surface area (Å²) in [6.45, 7) is 3.21. The Kier molecular flexibility index (Phi) is 11.3. The third-order valence-corrected chi connectivity index (χ3v) is 9.27. The van der Waals surface area contributed by atoms with E-state index in [-0.39, 0.29) is 35.5 Å². The fraction of sp³-hybridized carbons (Fsp3) is 0.257. The van der Waals surface area contributed by atoms with Crippen molar-refractivity contribution in [2.45, 2.75) is 50.2 Å². The molecule has 0 bridgehead atoms. The van der Waals surface area contributed by atoms with Gasteiger partial charge in [0.05, 0.1) is 17.7 Å². The molecule has 0 radical (unpaired) electrons. The SMILES string of the molecule is CCC(C)NC(=O)C(Cc1ccccc1)N(Cc1cccc(OC)c1)C(=O)CN(c1ccc(F)cc1)S(=O)(=O)c1ccccc1. The predicted octanol–water partition coefficient (Wildman–Crippen LogP) is 5.58. The summed E-state index contributed by atoms with van der Waals surface area (Å²) in [5.41, 5.74) is 1.63. The lowest BCUT2D eigenvalue weighted by molar-refractivity contribution is -0.140. The Labute approximate surface area is 264 Å². The molecule has 2 amide bonds. The minimum Gasteiger partial charge on any atom is -0.497 e. The number of hydrogen-bond acceptors (Lipinski definition) is 5. The molecule has 0 aliphatic heterocycles. The standard InChI is InChI=1S/C35H38FN3O5S/c1-4-26(2)37-35(41)33(23-27-12-7-5-8-13-27)38(24-28-14-11-15-31(22-28)44-3)34(40)25-39(30-20-18-29(36)19-21-30)45(42,43)32-16-9-6-10-17-32/h5-22,26,33H,4,23-25H2,1-3H3,(H,37,41). The minimum atomic E-state index is -4.26. The molecule has 0 saturated heterocycles. The van der Waals surface area contributed by atoms with Gasteiger partial charge in [0.1, 0.15) is 24.2 Å². The van der Waals surface area contributed by atoms with Crippen LogP contribution in [0, 0.1) is 5.82 Å². The molecule has 0 heterocycles. The van der Waals surface area contributed by atoms with Gasteiger partial charge in [0.2, 0.25) is 11.8 Å². The summed E-state index contributed by atoms with van der Waals surface area (Å²) in [6, 6.07) is 28.0. The summed E-state index contributed by atoms with van der Waals surface area (Å²) in [5.74, 6) is -0.944. The third kappa shape index (κ3) is 8.69. The Morgan fingerprint density at radius 1 is 0.867 bits per heavy atom. The van der Waals surface area contributed by atoms with Crippen molar-refractivity contribution in [1.29, 1.82) is 0 Å². The maximum atomic E-state index is 14.5. The van der Waals surface area contributed by atoms with E-state index in [1.165, 1.54) is 36.3 Å². The van der Waals surface area contributed by atoms with Gasteiger partial charge in [0, 0.05) is 19.0 Å². The van der Waals surface area contributed by atoms with Crippen LogP contribution >= 0.6 is 0 Å². The van der Waals surface area contributed by atoms with Crippen molar-refractivity contribution >= 4 is 27.5 Å². The number of anilines is 1. The summed E-state index contributed by atoms with van der Waals surface area (Å²) in [4.78, 5) is 29.7. The van der Waals surface area contributed by atoms with Crippen LogP contribution in [0.5, 0.6) is 5.75 Å². The molecule has 8 nitrogen and oxygen atoms in total. The molecule has 0 fully saturated rings. The molecule has 236 valence electrons. The number of carbonyl (C=O) groups is 2. The highest BCUT2D eigenvalue weighted by Crippen LogP contribution is 2.26. The lowest BCUT2D eigenvalue weighted by Gasteiger charge is -2.34. The Balaban J connectivity index is 1.81. The van der Waals surface area contributed by atoms with E-state index in [1.807, 2.05) is 50.2 Å². The number of sulfonamides is 1. The van der Waals surface area contributed by atoms with Crippen LogP contribution in [-0.2, 0) is 32.6 Å². The third-order valence-electron chi connectivity index (χ3n) is 7.48. The molecule has 2 unspecified atom stereocenters. The molecule has 0 aromatic heterocycles. The van der Waals surface area contributed by atoms with Crippen LogP contribution in [-0.4, -0.2) is 50.9 Å². The average Bonchev–Trinajstić information content (AvgIpc) is 3.06. The summed E-state index contributed by atoms with van der Waals surface area (Å²) in [7, 11) is -2.73. The molecule has 4 aromatic rings. The zero-order chi connectivity index (χ0) is 32.4. The summed E-state index contributed by atoms with van der Waals surface area (Å²) in [5, 5.41) is 3.01. The van der Waals surface area contributed by atoms with Crippen molar-refractivity contribution in [2.24, 2.45) is 0 Å².